The predicted octanol–water partition coefficient (Wildman–Crippen LogP) is 5.68. The van der Waals surface area contributed by atoms with Gasteiger partial charge in [-0.15, -0.1) is 0 Å². The third-order valence-corrected chi connectivity index (χ3v) is 5.53. The van der Waals surface area contributed by atoms with Crippen molar-refractivity contribution in [3.8, 4) is 5.69 Å². The molecule has 0 saturated heterocycles. The number of aryl methyl sites for hydroxylation is 3. The first kappa shape index (κ1) is 20.1. The number of nitrogens with one attached hydrogen (secondary N) is 1. The number of anilines is 1. The molecule has 0 fully saturated rings. The molecule has 0 saturated carbocycles. The van der Waals surface area contributed by atoms with Gasteiger partial charge in [-0.1, -0.05) is 35.1 Å². The summed E-state index contributed by atoms with van der Waals surface area (Å²) in [6.45, 7) is 5.67. The molecule has 0 atom stereocenters. The van der Waals surface area contributed by atoms with Crippen LogP contribution in [0.1, 0.15) is 32.7 Å². The second kappa shape index (κ2) is 7.24. The topological polar surface area (TPSA) is 59.8 Å². The molecule has 2 heterocycles. The monoisotopic (exact) mass is 430 g/mol. The highest BCUT2D eigenvalue weighted by atomic mass is 32.1. The standard InChI is InChI=1S/C21H17F3N4OS/c1-11-4-6-14(7-5-11)28-18(21(22,23)24)15(10-25-28)19(29)27-20-26-17-13(3)8-12(2)9-16(17)30-20/h4-10H,1-3H3,(H,26,27,29). The first-order valence-electron chi connectivity index (χ1n) is 9.05. The molecule has 4 aromatic rings. The van der Waals surface area contributed by atoms with Crippen molar-refractivity contribution in [1.29, 1.82) is 0 Å². The molecule has 2 aromatic heterocycles. The maximum atomic E-state index is 13.8. The van der Waals surface area contributed by atoms with Gasteiger partial charge in [0.15, 0.2) is 10.8 Å². The van der Waals surface area contributed by atoms with Gasteiger partial charge in [-0.05, 0) is 50.1 Å². The Morgan fingerprint density at radius 2 is 1.77 bits per heavy atom. The molecule has 4 rings (SSSR count). The lowest BCUT2D eigenvalue weighted by Gasteiger charge is -2.12. The van der Waals surface area contributed by atoms with Gasteiger partial charge >= 0.3 is 6.18 Å². The summed E-state index contributed by atoms with van der Waals surface area (Å²) in [6, 6.07) is 10.3. The zero-order chi connectivity index (χ0) is 21.6. The van der Waals surface area contributed by atoms with E-state index in [1.165, 1.54) is 23.5 Å². The quantitative estimate of drug-likeness (QED) is 0.455. The molecule has 0 aliphatic carbocycles. The van der Waals surface area contributed by atoms with Crippen LogP contribution >= 0.6 is 11.3 Å². The van der Waals surface area contributed by atoms with E-state index in [0.29, 0.717) is 5.52 Å². The van der Waals surface area contributed by atoms with Crippen LogP contribution in [0.15, 0.2) is 42.6 Å². The average Bonchev–Trinajstić information content (AvgIpc) is 3.26. The van der Waals surface area contributed by atoms with Crippen molar-refractivity contribution in [2.75, 3.05) is 5.32 Å². The first-order valence-corrected chi connectivity index (χ1v) is 9.86. The highest BCUT2D eigenvalue weighted by Gasteiger charge is 2.40. The Morgan fingerprint density at radius 1 is 1.07 bits per heavy atom. The summed E-state index contributed by atoms with van der Waals surface area (Å²) >= 11 is 1.22. The molecule has 5 nitrogen and oxygen atoms in total. The molecule has 1 N–H and O–H groups in total. The van der Waals surface area contributed by atoms with E-state index in [1.54, 1.807) is 12.1 Å². The van der Waals surface area contributed by atoms with Crippen LogP contribution in [0.2, 0.25) is 0 Å². The zero-order valence-corrected chi connectivity index (χ0v) is 17.1. The number of hydrogen-bond donors (Lipinski definition) is 1. The van der Waals surface area contributed by atoms with Crippen LogP contribution in [-0.4, -0.2) is 20.7 Å². The third kappa shape index (κ3) is 3.68. The van der Waals surface area contributed by atoms with Crippen molar-refractivity contribution < 1.29 is 18.0 Å². The van der Waals surface area contributed by atoms with Gasteiger partial charge in [0.25, 0.3) is 5.91 Å². The van der Waals surface area contributed by atoms with E-state index < -0.39 is 23.3 Å². The lowest BCUT2D eigenvalue weighted by Crippen LogP contribution is -2.20. The average molecular weight is 430 g/mol. The maximum absolute atomic E-state index is 13.8. The fourth-order valence-electron chi connectivity index (χ4n) is 3.26. The number of hydrogen-bond acceptors (Lipinski definition) is 4. The Morgan fingerprint density at radius 3 is 2.43 bits per heavy atom. The molecule has 0 aliphatic heterocycles. The molecule has 0 radical (unpaired) electrons. The van der Waals surface area contributed by atoms with Gasteiger partial charge in [-0.2, -0.15) is 18.3 Å². The van der Waals surface area contributed by atoms with Gasteiger partial charge in [0, 0.05) is 0 Å². The largest absolute Gasteiger partial charge is 0.434 e. The lowest BCUT2D eigenvalue weighted by atomic mass is 10.1. The van der Waals surface area contributed by atoms with Crippen molar-refractivity contribution in [1.82, 2.24) is 14.8 Å². The second-order valence-electron chi connectivity index (χ2n) is 7.05. The number of thiazole rings is 1. The first-order chi connectivity index (χ1) is 14.1. The van der Waals surface area contributed by atoms with E-state index in [9.17, 15) is 18.0 Å². The van der Waals surface area contributed by atoms with Crippen LogP contribution in [-0.2, 0) is 6.18 Å². The normalized spacial score (nSPS) is 11.8. The molecule has 1 amide bonds. The van der Waals surface area contributed by atoms with E-state index >= 15 is 0 Å². The molecular weight excluding hydrogens is 413 g/mol. The summed E-state index contributed by atoms with van der Waals surface area (Å²) in [7, 11) is 0. The lowest BCUT2D eigenvalue weighted by molar-refractivity contribution is -0.143. The van der Waals surface area contributed by atoms with Crippen molar-refractivity contribution in [3.05, 3.63) is 70.5 Å². The van der Waals surface area contributed by atoms with Crippen LogP contribution in [0, 0.1) is 20.8 Å². The number of nitrogens with zero attached hydrogens (tertiary/aromatic N) is 3. The molecule has 0 bridgehead atoms. The van der Waals surface area contributed by atoms with Gasteiger partial charge in [-0.3, -0.25) is 10.1 Å². The van der Waals surface area contributed by atoms with Crippen molar-refractivity contribution in [2.45, 2.75) is 26.9 Å². The Kier molecular flexibility index (Phi) is 4.85. The number of carbonyl (C=O) groups excluding carboxylic acids is 1. The van der Waals surface area contributed by atoms with Gasteiger partial charge < -0.3 is 0 Å². The minimum absolute atomic E-state index is 0.220. The van der Waals surface area contributed by atoms with Gasteiger partial charge in [0.2, 0.25) is 0 Å². The molecule has 30 heavy (non-hydrogen) atoms. The van der Waals surface area contributed by atoms with Gasteiger partial charge in [0.1, 0.15) is 0 Å². The van der Waals surface area contributed by atoms with Gasteiger partial charge in [0.05, 0.1) is 27.7 Å². The molecule has 0 spiro atoms. The number of rotatable bonds is 3. The van der Waals surface area contributed by atoms with E-state index in [0.717, 1.165) is 32.3 Å². The van der Waals surface area contributed by atoms with E-state index in [4.69, 9.17) is 0 Å². The van der Waals surface area contributed by atoms with Crippen LogP contribution in [0.25, 0.3) is 15.9 Å². The molecule has 154 valence electrons. The summed E-state index contributed by atoms with van der Waals surface area (Å²) < 4.78 is 43.0. The molecule has 0 unspecified atom stereocenters. The Labute approximate surface area is 174 Å². The summed E-state index contributed by atoms with van der Waals surface area (Å²) in [4.78, 5) is 17.1. The summed E-state index contributed by atoms with van der Waals surface area (Å²) in [5.41, 5.74) is 2.13. The Bertz CT molecular complexity index is 1260. The summed E-state index contributed by atoms with van der Waals surface area (Å²) in [5, 5.41) is 6.56. The minimum atomic E-state index is -4.77. The molecule has 9 heteroatoms. The number of halogens is 3. The Balaban J connectivity index is 1.72. The number of aromatic nitrogens is 3. The SMILES string of the molecule is Cc1ccc(-n2ncc(C(=O)Nc3nc4c(C)cc(C)cc4s3)c2C(F)(F)F)cc1. The smallest absolute Gasteiger partial charge is 0.298 e. The van der Waals surface area contributed by atoms with Crippen LogP contribution in [0.5, 0.6) is 0 Å². The molecule has 0 aliphatic rings. The van der Waals surface area contributed by atoms with E-state index in [2.05, 4.69) is 15.4 Å². The fourth-order valence-corrected chi connectivity index (χ4v) is 4.29. The maximum Gasteiger partial charge on any atom is 0.434 e. The zero-order valence-electron chi connectivity index (χ0n) is 16.3. The summed E-state index contributed by atoms with van der Waals surface area (Å²) in [6.07, 6.45) is -3.84. The van der Waals surface area contributed by atoms with Gasteiger partial charge in [-0.25, -0.2) is 9.67 Å². The van der Waals surface area contributed by atoms with Crippen LogP contribution < -0.4 is 5.32 Å². The number of carbonyl (C=O) groups is 1. The number of fused-ring (bicyclic) bond motifs is 1. The molecule has 2 aromatic carbocycles. The predicted molar refractivity (Wildman–Crippen MR) is 110 cm³/mol. The van der Waals surface area contributed by atoms with Crippen molar-refractivity contribution in [3.63, 3.8) is 0 Å². The third-order valence-electron chi connectivity index (χ3n) is 4.61. The second-order valence-corrected chi connectivity index (χ2v) is 8.08. The van der Waals surface area contributed by atoms with Crippen molar-refractivity contribution >= 4 is 32.6 Å². The van der Waals surface area contributed by atoms with Crippen molar-refractivity contribution in [2.24, 2.45) is 0 Å². The Hall–Kier alpha value is -3.20. The number of alkyl halides is 3. The molecular formula is C21H17F3N4OS. The number of amides is 1. The highest BCUT2D eigenvalue weighted by molar-refractivity contribution is 7.22. The van der Waals surface area contributed by atoms with Crippen LogP contribution in [0.4, 0.5) is 18.3 Å². The highest BCUT2D eigenvalue weighted by Crippen LogP contribution is 2.35. The van der Waals surface area contributed by atoms with Crippen LogP contribution in [0.3, 0.4) is 0 Å². The van der Waals surface area contributed by atoms with E-state index in [-0.39, 0.29) is 10.8 Å². The number of benzene rings is 2. The van der Waals surface area contributed by atoms with E-state index in [1.807, 2.05) is 32.9 Å². The minimum Gasteiger partial charge on any atom is -0.298 e. The summed E-state index contributed by atoms with van der Waals surface area (Å²) in [5.74, 6) is -0.908. The fraction of sp³-hybridized carbons (Fsp3) is 0.190.